The van der Waals surface area contributed by atoms with Crippen LogP contribution in [-0.4, -0.2) is 44.8 Å². The highest BCUT2D eigenvalue weighted by Crippen LogP contribution is 2.15. The summed E-state index contributed by atoms with van der Waals surface area (Å²) in [5.41, 5.74) is 0.843. The quantitative estimate of drug-likeness (QED) is 0.743. The third kappa shape index (κ3) is 5.88. The third-order valence-electron chi connectivity index (χ3n) is 2.79. The van der Waals surface area contributed by atoms with E-state index in [0.717, 1.165) is 0 Å². The number of likely N-dealkylation sites (N-methyl/N-ethyl adjacent to an activating group) is 1. The first-order valence-corrected chi connectivity index (χ1v) is 8.70. The van der Waals surface area contributed by atoms with E-state index in [1.807, 2.05) is 0 Å². The molecule has 0 saturated carbocycles. The van der Waals surface area contributed by atoms with Crippen molar-refractivity contribution in [3.8, 4) is 6.07 Å². The average molecular weight is 341 g/mol. The van der Waals surface area contributed by atoms with Crippen molar-refractivity contribution in [1.82, 2.24) is 4.90 Å². The van der Waals surface area contributed by atoms with Gasteiger partial charge in [0.25, 0.3) is 0 Å². The minimum atomic E-state index is -3.51. The maximum Gasteiger partial charge on any atom is 0.250 e. The van der Waals surface area contributed by atoms with Crippen molar-refractivity contribution in [2.24, 2.45) is 0 Å². The van der Waals surface area contributed by atoms with E-state index in [-0.39, 0.29) is 23.7 Å². The molecule has 0 N–H and O–H groups in total. The molecule has 22 heavy (non-hydrogen) atoms. The molecular formula is C15H17ClN2O3S. The summed E-state index contributed by atoms with van der Waals surface area (Å²) in [6, 6.07) is 8.52. The third-order valence-corrected chi connectivity index (χ3v) is 4.62. The summed E-state index contributed by atoms with van der Waals surface area (Å²) < 4.78 is 24.0. The molecule has 1 aromatic rings. The van der Waals surface area contributed by atoms with Crippen molar-refractivity contribution < 1.29 is 13.2 Å². The van der Waals surface area contributed by atoms with Gasteiger partial charge in [-0.15, -0.1) is 0 Å². The largest absolute Gasteiger partial charge is 0.345 e. The number of carbonyl (C=O) groups excluding carboxylic acids is 1. The molecule has 0 aliphatic heterocycles. The van der Waals surface area contributed by atoms with Gasteiger partial charge in [0.05, 0.1) is 17.6 Å². The first-order valence-electron chi connectivity index (χ1n) is 6.50. The Morgan fingerprint density at radius 3 is 2.41 bits per heavy atom. The van der Waals surface area contributed by atoms with E-state index in [4.69, 9.17) is 16.9 Å². The van der Waals surface area contributed by atoms with E-state index < -0.39 is 15.6 Å². The summed E-state index contributed by atoms with van der Waals surface area (Å²) in [5, 5.41) is 9.06. The summed E-state index contributed by atoms with van der Waals surface area (Å²) in [6.45, 7) is 0. The molecule has 1 aromatic carbocycles. The van der Waals surface area contributed by atoms with Crippen LogP contribution in [0.25, 0.3) is 6.08 Å². The zero-order chi connectivity index (χ0) is 16.8. The molecule has 0 atom stereocenters. The van der Waals surface area contributed by atoms with E-state index >= 15 is 0 Å². The highest BCUT2D eigenvalue weighted by atomic mass is 35.5. The summed E-state index contributed by atoms with van der Waals surface area (Å²) >= 11 is 5.80. The molecule has 0 aromatic heterocycles. The zero-order valence-corrected chi connectivity index (χ0v) is 14.0. The second kappa shape index (κ2) is 7.97. The molecule has 0 aliphatic rings. The number of sulfone groups is 1. The van der Waals surface area contributed by atoms with Crippen molar-refractivity contribution in [3.63, 3.8) is 0 Å². The lowest BCUT2D eigenvalue weighted by molar-refractivity contribution is -0.124. The van der Waals surface area contributed by atoms with Gasteiger partial charge in [-0.25, -0.2) is 8.42 Å². The summed E-state index contributed by atoms with van der Waals surface area (Å²) in [7, 11) is -0.403. The lowest BCUT2D eigenvalue weighted by Crippen LogP contribution is -2.27. The number of hydrogen-bond acceptors (Lipinski definition) is 4. The van der Waals surface area contributed by atoms with Gasteiger partial charge in [-0.3, -0.25) is 4.79 Å². The fraction of sp³-hybridized carbons (Fsp3) is 0.333. The van der Waals surface area contributed by atoms with Crippen LogP contribution < -0.4 is 0 Å². The number of carbonyl (C=O) groups is 1. The molecule has 7 heteroatoms. The van der Waals surface area contributed by atoms with Gasteiger partial charge in [0.2, 0.25) is 5.91 Å². The van der Waals surface area contributed by atoms with Gasteiger partial charge in [-0.05, 0) is 23.8 Å². The maximum absolute atomic E-state index is 12.2. The lowest BCUT2D eigenvalue weighted by Gasteiger charge is -2.14. The van der Waals surface area contributed by atoms with E-state index in [9.17, 15) is 13.2 Å². The Hall–Kier alpha value is -1.84. The topological polar surface area (TPSA) is 78.2 Å². The number of nitrogens with zero attached hydrogens (tertiary/aromatic N) is 2. The fourth-order valence-corrected chi connectivity index (χ4v) is 3.08. The van der Waals surface area contributed by atoms with Gasteiger partial charge < -0.3 is 4.90 Å². The summed E-state index contributed by atoms with van der Waals surface area (Å²) in [6.07, 6.45) is 1.44. The molecular weight excluding hydrogens is 324 g/mol. The van der Waals surface area contributed by atoms with Crippen molar-refractivity contribution >= 4 is 33.4 Å². The lowest BCUT2D eigenvalue weighted by atomic mass is 10.1. The Labute approximate surface area is 135 Å². The van der Waals surface area contributed by atoms with Crippen LogP contribution in [-0.2, 0) is 14.6 Å². The molecule has 1 amide bonds. The van der Waals surface area contributed by atoms with Gasteiger partial charge in [0.1, 0.15) is 0 Å². The van der Waals surface area contributed by atoms with E-state index in [0.29, 0.717) is 10.6 Å². The number of halogens is 1. The van der Waals surface area contributed by atoms with Crippen molar-refractivity contribution in [1.29, 1.82) is 5.26 Å². The zero-order valence-electron chi connectivity index (χ0n) is 12.4. The second-order valence-electron chi connectivity index (χ2n) is 4.92. The van der Waals surface area contributed by atoms with Gasteiger partial charge in [0.15, 0.2) is 9.84 Å². The smallest absolute Gasteiger partial charge is 0.250 e. The van der Waals surface area contributed by atoms with Crippen molar-refractivity contribution in [2.45, 2.75) is 6.42 Å². The van der Waals surface area contributed by atoms with E-state index in [1.165, 1.54) is 11.0 Å². The van der Waals surface area contributed by atoms with Crippen LogP contribution in [0.2, 0.25) is 5.02 Å². The predicted molar refractivity (Wildman–Crippen MR) is 87.0 cm³/mol. The van der Waals surface area contributed by atoms with Crippen LogP contribution in [0.3, 0.4) is 0 Å². The molecule has 118 valence electrons. The number of amides is 1. The number of rotatable bonds is 6. The molecule has 0 unspecified atom stereocenters. The Kier molecular flexibility index (Phi) is 6.60. The minimum Gasteiger partial charge on any atom is -0.345 e. The van der Waals surface area contributed by atoms with Gasteiger partial charge in [0, 0.05) is 31.1 Å². The van der Waals surface area contributed by atoms with E-state index in [1.54, 1.807) is 44.4 Å². The van der Waals surface area contributed by atoms with E-state index in [2.05, 4.69) is 0 Å². The first kappa shape index (κ1) is 18.2. The molecule has 1 rings (SSSR count). The Morgan fingerprint density at radius 1 is 1.32 bits per heavy atom. The molecule has 0 radical (unpaired) electrons. The molecule has 0 fully saturated rings. The van der Waals surface area contributed by atoms with Crippen molar-refractivity contribution in [2.75, 3.05) is 25.6 Å². The predicted octanol–water partition coefficient (Wildman–Crippen LogP) is 2.14. The number of nitriles is 1. The highest BCUT2D eigenvalue weighted by molar-refractivity contribution is 7.91. The SMILES string of the molecule is CN(C)C(=O)/C(=C/c1ccc(Cl)cc1)CS(=O)(=O)CCC#N. The molecule has 0 saturated heterocycles. The van der Waals surface area contributed by atoms with Crippen LogP contribution in [0.15, 0.2) is 29.8 Å². The molecule has 5 nitrogen and oxygen atoms in total. The normalized spacial score (nSPS) is 11.8. The standard InChI is InChI=1S/C15H17ClN2O3S/c1-18(2)15(19)13(11-22(20,21)9-3-8-17)10-12-4-6-14(16)7-5-12/h4-7,10H,3,9,11H2,1-2H3/b13-10+. The van der Waals surface area contributed by atoms with Gasteiger partial charge >= 0.3 is 0 Å². The Balaban J connectivity index is 3.12. The van der Waals surface area contributed by atoms with Gasteiger partial charge in [-0.2, -0.15) is 5.26 Å². The second-order valence-corrected chi connectivity index (χ2v) is 7.54. The molecule has 0 aliphatic carbocycles. The first-order chi connectivity index (χ1) is 10.2. The highest BCUT2D eigenvalue weighted by Gasteiger charge is 2.20. The fourth-order valence-electron chi connectivity index (χ4n) is 1.72. The Morgan fingerprint density at radius 2 is 1.91 bits per heavy atom. The van der Waals surface area contributed by atoms with Crippen molar-refractivity contribution in [3.05, 3.63) is 40.4 Å². The van der Waals surface area contributed by atoms with Crippen LogP contribution in [0.5, 0.6) is 0 Å². The summed E-state index contributed by atoms with van der Waals surface area (Å²) in [4.78, 5) is 13.5. The van der Waals surface area contributed by atoms with Crippen LogP contribution >= 0.6 is 11.6 Å². The molecule has 0 bridgehead atoms. The number of benzene rings is 1. The van der Waals surface area contributed by atoms with Crippen LogP contribution in [0.1, 0.15) is 12.0 Å². The molecule has 0 heterocycles. The number of hydrogen-bond donors (Lipinski definition) is 0. The van der Waals surface area contributed by atoms with Crippen LogP contribution in [0.4, 0.5) is 0 Å². The average Bonchev–Trinajstić information content (AvgIpc) is 2.45. The van der Waals surface area contributed by atoms with Gasteiger partial charge in [-0.1, -0.05) is 23.7 Å². The minimum absolute atomic E-state index is 0.0906. The van der Waals surface area contributed by atoms with Crippen LogP contribution in [0, 0.1) is 11.3 Å². The summed E-state index contributed by atoms with van der Waals surface area (Å²) in [5.74, 6) is -1.04. The molecule has 0 spiro atoms. The monoisotopic (exact) mass is 340 g/mol. The Bertz CT molecular complexity index is 701. The maximum atomic E-state index is 12.2.